The van der Waals surface area contributed by atoms with Gasteiger partial charge in [-0.15, -0.1) is 0 Å². The minimum Gasteiger partial charge on any atom is -0.380 e. The van der Waals surface area contributed by atoms with E-state index in [0.717, 1.165) is 5.56 Å². The fourth-order valence-electron chi connectivity index (χ4n) is 2.57. The molecule has 2 unspecified atom stereocenters. The number of carbonyl (C=O) groups excluding carboxylic acids is 1. The third kappa shape index (κ3) is 3.19. The van der Waals surface area contributed by atoms with Gasteiger partial charge in [-0.1, -0.05) is 44.2 Å². The normalized spacial score (nSPS) is 22.8. The smallest absolute Gasteiger partial charge is 0.241 e. The molecule has 0 aliphatic carbocycles. The van der Waals surface area contributed by atoms with Crippen LogP contribution in [-0.2, 0) is 9.53 Å². The number of nitrogens with one attached hydrogen (secondary N) is 1. The lowest BCUT2D eigenvalue weighted by Crippen LogP contribution is -2.35. The van der Waals surface area contributed by atoms with Crippen molar-refractivity contribution in [2.75, 3.05) is 19.8 Å². The zero-order valence-corrected chi connectivity index (χ0v) is 12.5. The van der Waals surface area contributed by atoms with Gasteiger partial charge in [-0.3, -0.25) is 10.1 Å². The summed E-state index contributed by atoms with van der Waals surface area (Å²) in [5.41, 5.74) is 1.13. The van der Waals surface area contributed by atoms with Crippen LogP contribution in [0.1, 0.15) is 32.5 Å². The number of hydrogen-bond donors (Lipinski definition) is 1. The molecule has 1 N–H and O–H groups in total. The number of carbonyl (C=O) groups is 1. The van der Waals surface area contributed by atoms with Crippen molar-refractivity contribution >= 4 is 5.91 Å². The Hall–Kier alpha value is -1.39. The lowest BCUT2D eigenvalue weighted by atomic mass is 10.1. The summed E-state index contributed by atoms with van der Waals surface area (Å²) in [6.45, 7) is 8.00. The van der Waals surface area contributed by atoms with E-state index in [1.54, 1.807) is 0 Å². The van der Waals surface area contributed by atoms with Crippen molar-refractivity contribution in [3.63, 3.8) is 0 Å². The molecule has 4 heteroatoms. The Morgan fingerprint density at radius 1 is 1.30 bits per heavy atom. The monoisotopic (exact) mass is 276 g/mol. The van der Waals surface area contributed by atoms with Crippen LogP contribution in [0.3, 0.4) is 0 Å². The molecule has 0 bridgehead atoms. The lowest BCUT2D eigenvalue weighted by Gasteiger charge is -2.24. The van der Waals surface area contributed by atoms with Gasteiger partial charge < -0.3 is 9.64 Å². The average molecular weight is 276 g/mol. The standard InChI is InChI=1S/C16H24N2O2/c1-4-20-11-10-18-15(13-8-6-5-7-9-13)17-14(12(2)3)16(18)19/h5-9,12,14-15,17H,4,10-11H2,1-3H3. The molecule has 1 aromatic carbocycles. The van der Waals surface area contributed by atoms with Crippen molar-refractivity contribution in [1.82, 2.24) is 10.2 Å². The second-order valence-corrected chi connectivity index (χ2v) is 5.43. The summed E-state index contributed by atoms with van der Waals surface area (Å²) in [4.78, 5) is 14.4. The van der Waals surface area contributed by atoms with Gasteiger partial charge in [0, 0.05) is 13.2 Å². The first kappa shape index (κ1) is 15.0. The predicted octanol–water partition coefficient (Wildman–Crippen LogP) is 2.18. The van der Waals surface area contributed by atoms with Gasteiger partial charge in [0.2, 0.25) is 5.91 Å². The SMILES string of the molecule is CCOCCN1C(=O)C(C(C)C)NC1c1ccccc1. The molecule has 2 rings (SSSR count). The zero-order chi connectivity index (χ0) is 14.5. The maximum atomic E-state index is 12.5. The number of nitrogens with zero attached hydrogens (tertiary/aromatic N) is 1. The van der Waals surface area contributed by atoms with Crippen molar-refractivity contribution in [2.45, 2.75) is 33.0 Å². The topological polar surface area (TPSA) is 41.6 Å². The number of hydrogen-bond acceptors (Lipinski definition) is 3. The molecule has 1 aliphatic rings. The number of amides is 1. The molecular formula is C16H24N2O2. The molecule has 0 saturated carbocycles. The number of rotatable bonds is 6. The number of benzene rings is 1. The second kappa shape index (κ2) is 6.86. The van der Waals surface area contributed by atoms with Gasteiger partial charge in [0.15, 0.2) is 0 Å². The van der Waals surface area contributed by atoms with Crippen LogP contribution < -0.4 is 5.32 Å². The lowest BCUT2D eigenvalue weighted by molar-refractivity contribution is -0.131. The Balaban J connectivity index is 2.16. The second-order valence-electron chi connectivity index (χ2n) is 5.43. The Kier molecular flexibility index (Phi) is 5.15. The molecule has 110 valence electrons. The average Bonchev–Trinajstić information content (AvgIpc) is 2.78. The molecule has 0 radical (unpaired) electrons. The van der Waals surface area contributed by atoms with Crippen LogP contribution in [0.5, 0.6) is 0 Å². The summed E-state index contributed by atoms with van der Waals surface area (Å²) in [7, 11) is 0. The molecule has 0 aromatic heterocycles. The van der Waals surface area contributed by atoms with Crippen molar-refractivity contribution in [2.24, 2.45) is 5.92 Å². The predicted molar refractivity (Wildman–Crippen MR) is 79.2 cm³/mol. The Morgan fingerprint density at radius 3 is 2.60 bits per heavy atom. The molecule has 1 amide bonds. The summed E-state index contributed by atoms with van der Waals surface area (Å²) in [6.07, 6.45) is -0.0449. The van der Waals surface area contributed by atoms with Crippen LogP contribution in [0.2, 0.25) is 0 Å². The Morgan fingerprint density at radius 2 is 2.00 bits per heavy atom. The van der Waals surface area contributed by atoms with Crippen LogP contribution in [0, 0.1) is 5.92 Å². The first-order chi connectivity index (χ1) is 9.65. The molecule has 1 aromatic rings. The first-order valence-electron chi connectivity index (χ1n) is 7.34. The third-order valence-electron chi connectivity index (χ3n) is 3.66. The van der Waals surface area contributed by atoms with Gasteiger partial charge >= 0.3 is 0 Å². The molecule has 2 atom stereocenters. The molecule has 20 heavy (non-hydrogen) atoms. The van der Waals surface area contributed by atoms with E-state index >= 15 is 0 Å². The summed E-state index contributed by atoms with van der Waals surface area (Å²) < 4.78 is 5.40. The van der Waals surface area contributed by atoms with Crippen molar-refractivity contribution in [1.29, 1.82) is 0 Å². The van der Waals surface area contributed by atoms with Crippen LogP contribution in [0.4, 0.5) is 0 Å². The van der Waals surface area contributed by atoms with Gasteiger partial charge in [-0.25, -0.2) is 0 Å². The zero-order valence-electron chi connectivity index (χ0n) is 12.5. The fourth-order valence-corrected chi connectivity index (χ4v) is 2.57. The van der Waals surface area contributed by atoms with E-state index in [9.17, 15) is 4.79 Å². The molecule has 1 aliphatic heterocycles. The summed E-state index contributed by atoms with van der Waals surface area (Å²) in [5.74, 6) is 0.458. The first-order valence-corrected chi connectivity index (χ1v) is 7.34. The summed E-state index contributed by atoms with van der Waals surface area (Å²) >= 11 is 0. The highest BCUT2D eigenvalue weighted by Gasteiger charge is 2.40. The van der Waals surface area contributed by atoms with Crippen LogP contribution in [0.15, 0.2) is 30.3 Å². The van der Waals surface area contributed by atoms with E-state index < -0.39 is 0 Å². The van der Waals surface area contributed by atoms with E-state index in [1.165, 1.54) is 0 Å². The van der Waals surface area contributed by atoms with Crippen molar-refractivity contribution in [3.05, 3.63) is 35.9 Å². The van der Waals surface area contributed by atoms with E-state index in [2.05, 4.69) is 31.3 Å². The quantitative estimate of drug-likeness (QED) is 0.810. The highest BCUT2D eigenvalue weighted by Crippen LogP contribution is 2.27. The van der Waals surface area contributed by atoms with E-state index in [1.807, 2.05) is 30.0 Å². The highest BCUT2D eigenvalue weighted by molar-refractivity contribution is 5.84. The highest BCUT2D eigenvalue weighted by atomic mass is 16.5. The van der Waals surface area contributed by atoms with E-state index in [4.69, 9.17) is 4.74 Å². The molecular weight excluding hydrogens is 252 g/mol. The molecule has 1 saturated heterocycles. The van der Waals surface area contributed by atoms with Gasteiger partial charge in [-0.2, -0.15) is 0 Å². The maximum absolute atomic E-state index is 12.5. The van der Waals surface area contributed by atoms with E-state index in [-0.39, 0.29) is 24.0 Å². The Labute approximate surface area is 121 Å². The van der Waals surface area contributed by atoms with Gasteiger partial charge in [0.05, 0.1) is 12.6 Å². The fraction of sp³-hybridized carbons (Fsp3) is 0.562. The Bertz CT molecular complexity index is 433. The molecule has 1 heterocycles. The minimum absolute atomic E-state index is 0.0449. The summed E-state index contributed by atoms with van der Waals surface area (Å²) in [5, 5.41) is 3.45. The van der Waals surface area contributed by atoms with Crippen LogP contribution in [-0.4, -0.2) is 36.6 Å². The summed E-state index contributed by atoms with van der Waals surface area (Å²) in [6, 6.07) is 10.0. The minimum atomic E-state index is -0.109. The maximum Gasteiger partial charge on any atom is 0.241 e. The van der Waals surface area contributed by atoms with Gasteiger partial charge in [0.25, 0.3) is 0 Å². The van der Waals surface area contributed by atoms with Crippen LogP contribution >= 0.6 is 0 Å². The van der Waals surface area contributed by atoms with Gasteiger partial charge in [-0.05, 0) is 18.4 Å². The van der Waals surface area contributed by atoms with Crippen LogP contribution in [0.25, 0.3) is 0 Å². The van der Waals surface area contributed by atoms with E-state index in [0.29, 0.717) is 19.8 Å². The third-order valence-corrected chi connectivity index (χ3v) is 3.66. The molecule has 0 spiro atoms. The molecule has 4 nitrogen and oxygen atoms in total. The van der Waals surface area contributed by atoms with Crippen molar-refractivity contribution < 1.29 is 9.53 Å². The van der Waals surface area contributed by atoms with Gasteiger partial charge in [0.1, 0.15) is 6.17 Å². The number of ether oxygens (including phenoxy) is 1. The van der Waals surface area contributed by atoms with Crippen molar-refractivity contribution in [3.8, 4) is 0 Å². The largest absolute Gasteiger partial charge is 0.380 e. The molecule has 1 fully saturated rings.